The van der Waals surface area contributed by atoms with Crippen LogP contribution < -0.4 is 10.9 Å². The number of aliphatic hydroxyl groups is 1. The quantitative estimate of drug-likeness (QED) is 0.809. The number of benzene rings is 1. The largest absolute Gasteiger partial charge is 0.387 e. The van der Waals surface area contributed by atoms with Gasteiger partial charge in [-0.1, -0.05) is 36.3 Å². The molecule has 0 aliphatic rings. The monoisotopic (exact) mass is 347 g/mol. The summed E-state index contributed by atoms with van der Waals surface area (Å²) in [6, 6.07) is 9.28. The molecule has 6 heteroatoms. The molecule has 5 nitrogen and oxygen atoms in total. The standard InChI is InChI=1S/C15H14BrN3O2/c1-2-8-19-15(21)14(16)12(9-18-19)17-10-13(20)11-6-4-3-5-7-11/h1,3-7,9,13,17,20H,8,10H2. The van der Waals surface area contributed by atoms with Gasteiger partial charge in [-0.3, -0.25) is 4.79 Å². The van der Waals surface area contributed by atoms with Crippen molar-refractivity contribution in [3.63, 3.8) is 0 Å². The second-order valence-electron chi connectivity index (χ2n) is 4.35. The van der Waals surface area contributed by atoms with Crippen LogP contribution in [0.2, 0.25) is 0 Å². The highest BCUT2D eigenvalue weighted by atomic mass is 79.9. The summed E-state index contributed by atoms with van der Waals surface area (Å²) >= 11 is 3.22. The second kappa shape index (κ2) is 7.07. The van der Waals surface area contributed by atoms with Crippen LogP contribution in [0.4, 0.5) is 5.69 Å². The first-order valence-corrected chi connectivity index (χ1v) is 7.08. The Hall–Kier alpha value is -2.10. The van der Waals surface area contributed by atoms with Gasteiger partial charge in [0.2, 0.25) is 0 Å². The second-order valence-corrected chi connectivity index (χ2v) is 5.14. The van der Waals surface area contributed by atoms with Crippen molar-refractivity contribution >= 4 is 21.6 Å². The number of nitrogens with zero attached hydrogens (tertiary/aromatic N) is 2. The summed E-state index contributed by atoms with van der Waals surface area (Å²) in [7, 11) is 0. The summed E-state index contributed by atoms with van der Waals surface area (Å²) in [5, 5.41) is 17.0. The minimum atomic E-state index is -0.675. The van der Waals surface area contributed by atoms with Gasteiger partial charge in [-0.05, 0) is 21.5 Å². The zero-order valence-electron chi connectivity index (χ0n) is 11.2. The van der Waals surface area contributed by atoms with E-state index in [1.54, 1.807) is 0 Å². The van der Waals surface area contributed by atoms with Crippen LogP contribution in [0.1, 0.15) is 11.7 Å². The van der Waals surface area contributed by atoms with Gasteiger partial charge >= 0.3 is 0 Å². The smallest absolute Gasteiger partial charge is 0.284 e. The number of anilines is 1. The molecule has 2 aromatic rings. The predicted octanol–water partition coefficient (Wildman–Crippen LogP) is 1.78. The number of halogens is 1. The fraction of sp³-hybridized carbons (Fsp3) is 0.200. The lowest BCUT2D eigenvalue weighted by atomic mass is 10.1. The van der Waals surface area contributed by atoms with E-state index >= 15 is 0 Å². The highest BCUT2D eigenvalue weighted by Crippen LogP contribution is 2.18. The van der Waals surface area contributed by atoms with Gasteiger partial charge < -0.3 is 10.4 Å². The number of hydrogen-bond acceptors (Lipinski definition) is 4. The number of aliphatic hydroxyl groups excluding tert-OH is 1. The van der Waals surface area contributed by atoms with Crippen molar-refractivity contribution in [3.05, 3.63) is 56.9 Å². The predicted molar refractivity (Wildman–Crippen MR) is 84.9 cm³/mol. The lowest BCUT2D eigenvalue weighted by Crippen LogP contribution is -2.24. The third-order valence-electron chi connectivity index (χ3n) is 2.90. The van der Waals surface area contributed by atoms with Crippen LogP contribution in [0.15, 0.2) is 45.8 Å². The average molecular weight is 348 g/mol. The van der Waals surface area contributed by atoms with Gasteiger partial charge in [-0.15, -0.1) is 6.42 Å². The topological polar surface area (TPSA) is 67.2 Å². The average Bonchev–Trinajstić information content (AvgIpc) is 2.52. The van der Waals surface area contributed by atoms with Gasteiger partial charge in [0.05, 0.1) is 18.0 Å². The fourth-order valence-electron chi connectivity index (χ4n) is 1.79. The van der Waals surface area contributed by atoms with Crippen molar-refractivity contribution in [1.82, 2.24) is 9.78 Å². The van der Waals surface area contributed by atoms with Crippen LogP contribution in [-0.4, -0.2) is 21.4 Å². The molecule has 21 heavy (non-hydrogen) atoms. The summed E-state index contributed by atoms with van der Waals surface area (Å²) in [6.07, 6.45) is 5.99. The number of hydrogen-bond donors (Lipinski definition) is 2. The number of aromatic nitrogens is 2. The summed E-state index contributed by atoms with van der Waals surface area (Å²) in [4.78, 5) is 11.9. The minimum absolute atomic E-state index is 0.115. The molecule has 1 unspecified atom stereocenters. The van der Waals surface area contributed by atoms with Crippen LogP contribution in [0, 0.1) is 12.3 Å². The van der Waals surface area contributed by atoms with Crippen LogP contribution in [-0.2, 0) is 6.54 Å². The van der Waals surface area contributed by atoms with Crippen LogP contribution in [0.3, 0.4) is 0 Å². The molecule has 0 aliphatic carbocycles. The van der Waals surface area contributed by atoms with E-state index in [-0.39, 0.29) is 18.6 Å². The maximum Gasteiger partial charge on any atom is 0.284 e. The van der Waals surface area contributed by atoms with Crippen LogP contribution >= 0.6 is 15.9 Å². The Kier molecular flexibility index (Phi) is 5.14. The molecule has 0 fully saturated rings. The van der Waals surface area contributed by atoms with Crippen molar-refractivity contribution < 1.29 is 5.11 Å². The van der Waals surface area contributed by atoms with Crippen molar-refractivity contribution in [2.75, 3.05) is 11.9 Å². The van der Waals surface area contributed by atoms with E-state index in [1.165, 1.54) is 10.9 Å². The van der Waals surface area contributed by atoms with E-state index in [1.807, 2.05) is 30.3 Å². The Morgan fingerprint density at radius 2 is 2.14 bits per heavy atom. The molecule has 0 saturated carbocycles. The number of nitrogens with one attached hydrogen (secondary N) is 1. The zero-order valence-corrected chi connectivity index (χ0v) is 12.7. The third kappa shape index (κ3) is 3.72. The molecule has 1 aromatic carbocycles. The molecular formula is C15H14BrN3O2. The Labute approximate surface area is 130 Å². The van der Waals surface area contributed by atoms with Crippen LogP contribution in [0.5, 0.6) is 0 Å². The van der Waals surface area contributed by atoms with Crippen molar-refractivity contribution in [2.24, 2.45) is 0 Å². The van der Waals surface area contributed by atoms with Crippen molar-refractivity contribution in [3.8, 4) is 12.3 Å². The molecule has 1 aromatic heterocycles. The fourth-order valence-corrected chi connectivity index (χ4v) is 2.23. The first-order chi connectivity index (χ1) is 10.1. The zero-order chi connectivity index (χ0) is 15.2. The maximum atomic E-state index is 11.9. The van der Waals surface area contributed by atoms with Crippen molar-refractivity contribution in [2.45, 2.75) is 12.6 Å². The number of terminal acetylenes is 1. The van der Waals surface area contributed by atoms with E-state index in [0.717, 1.165) is 5.56 Å². The molecule has 0 spiro atoms. The summed E-state index contributed by atoms with van der Waals surface area (Å²) in [6.45, 7) is 0.382. The molecule has 0 radical (unpaired) electrons. The van der Waals surface area contributed by atoms with Gasteiger partial charge in [-0.25, -0.2) is 4.68 Å². The molecule has 0 saturated heterocycles. The molecule has 0 amide bonds. The van der Waals surface area contributed by atoms with Gasteiger partial charge in [0.25, 0.3) is 5.56 Å². The first kappa shape index (κ1) is 15.3. The molecule has 2 rings (SSSR count). The number of rotatable bonds is 5. The molecule has 1 heterocycles. The minimum Gasteiger partial charge on any atom is -0.387 e. The Balaban J connectivity index is 2.09. The van der Waals surface area contributed by atoms with Crippen molar-refractivity contribution in [1.29, 1.82) is 0 Å². The highest BCUT2D eigenvalue weighted by molar-refractivity contribution is 9.10. The van der Waals surface area contributed by atoms with Gasteiger partial charge in [0.1, 0.15) is 11.0 Å². The molecule has 0 bridgehead atoms. The van der Waals surface area contributed by atoms with Crippen LogP contribution in [0.25, 0.3) is 0 Å². The normalized spacial score (nSPS) is 11.7. The molecule has 108 valence electrons. The van der Waals surface area contributed by atoms with Gasteiger partial charge in [-0.2, -0.15) is 5.10 Å². The lowest BCUT2D eigenvalue weighted by Gasteiger charge is -2.14. The van der Waals surface area contributed by atoms with Gasteiger partial charge in [0, 0.05) is 6.54 Å². The first-order valence-electron chi connectivity index (χ1n) is 6.29. The van der Waals surface area contributed by atoms with E-state index < -0.39 is 6.10 Å². The lowest BCUT2D eigenvalue weighted by molar-refractivity contribution is 0.191. The maximum absolute atomic E-state index is 11.9. The Bertz CT molecular complexity index is 707. The Morgan fingerprint density at radius 1 is 1.43 bits per heavy atom. The molecule has 0 aliphatic heterocycles. The van der Waals surface area contributed by atoms with E-state index in [9.17, 15) is 9.90 Å². The Morgan fingerprint density at radius 3 is 2.81 bits per heavy atom. The summed E-state index contributed by atoms with van der Waals surface area (Å²) in [5.41, 5.74) is 1.00. The van der Waals surface area contributed by atoms with E-state index in [0.29, 0.717) is 10.2 Å². The summed E-state index contributed by atoms with van der Waals surface area (Å²) < 4.78 is 1.52. The van der Waals surface area contributed by atoms with E-state index in [2.05, 4.69) is 32.3 Å². The summed E-state index contributed by atoms with van der Waals surface area (Å²) in [5.74, 6) is 2.36. The SMILES string of the molecule is C#CCn1ncc(NCC(O)c2ccccc2)c(Br)c1=O. The highest BCUT2D eigenvalue weighted by Gasteiger charge is 2.11. The van der Waals surface area contributed by atoms with Gasteiger partial charge in [0.15, 0.2) is 0 Å². The third-order valence-corrected chi connectivity index (χ3v) is 3.66. The molecule has 2 N–H and O–H groups in total. The van der Waals surface area contributed by atoms with E-state index in [4.69, 9.17) is 6.42 Å². The molecular weight excluding hydrogens is 334 g/mol. The molecule has 1 atom stereocenters.